The third kappa shape index (κ3) is 2.70. The predicted molar refractivity (Wildman–Crippen MR) is 72.4 cm³/mol. The quantitative estimate of drug-likeness (QED) is 0.814. The number of pyridine rings is 1. The van der Waals surface area contributed by atoms with E-state index in [4.69, 9.17) is 20.8 Å². The number of hydrogen-bond donors (Lipinski definition) is 0. The fraction of sp³-hybridized carbons (Fsp3) is 0.462. The molecule has 0 radical (unpaired) electrons. The molecule has 6 nitrogen and oxygen atoms in total. The van der Waals surface area contributed by atoms with Gasteiger partial charge in [-0.05, 0) is 37.8 Å². The number of rotatable bonds is 3. The largest absolute Gasteiger partial charge is 0.446 e. The molecular weight excluding hydrogens is 282 g/mol. The van der Waals surface area contributed by atoms with Crippen molar-refractivity contribution in [3.05, 3.63) is 34.0 Å². The Morgan fingerprint density at radius 2 is 2.15 bits per heavy atom. The van der Waals surface area contributed by atoms with Gasteiger partial charge in [0.2, 0.25) is 0 Å². The minimum atomic E-state index is -0.634. The van der Waals surface area contributed by atoms with Gasteiger partial charge in [0.05, 0.1) is 0 Å². The van der Waals surface area contributed by atoms with Crippen LogP contribution in [0.5, 0.6) is 6.08 Å². The van der Waals surface area contributed by atoms with E-state index in [9.17, 15) is 4.79 Å². The van der Waals surface area contributed by atoms with E-state index >= 15 is 0 Å². The lowest BCUT2D eigenvalue weighted by Crippen LogP contribution is -2.19. The van der Waals surface area contributed by atoms with Crippen LogP contribution in [-0.4, -0.2) is 20.9 Å². The maximum atomic E-state index is 11.8. The Labute approximate surface area is 120 Å². The standard InChI is InChI=1S/C13H14ClN3O3/c14-11-10(7-4-8-15-11)17-13(18)20-12(16-17)19-9-5-2-1-3-6-9/h4,7-9H,1-3,5-6H2. The third-order valence-electron chi connectivity index (χ3n) is 3.32. The summed E-state index contributed by atoms with van der Waals surface area (Å²) in [4.78, 5) is 15.7. The van der Waals surface area contributed by atoms with Gasteiger partial charge in [-0.15, -0.1) is 0 Å². The highest BCUT2D eigenvalue weighted by Gasteiger charge is 2.20. The number of ether oxygens (including phenoxy) is 1. The molecule has 2 aromatic heterocycles. The van der Waals surface area contributed by atoms with Crippen LogP contribution >= 0.6 is 11.6 Å². The molecule has 0 atom stereocenters. The molecule has 0 saturated heterocycles. The van der Waals surface area contributed by atoms with Crippen molar-refractivity contribution in [2.75, 3.05) is 0 Å². The first kappa shape index (κ1) is 13.2. The molecule has 7 heteroatoms. The van der Waals surface area contributed by atoms with Crippen molar-refractivity contribution >= 4 is 11.6 Å². The second-order valence-corrected chi connectivity index (χ2v) is 5.09. The van der Waals surface area contributed by atoms with E-state index in [1.165, 1.54) is 12.6 Å². The van der Waals surface area contributed by atoms with Crippen molar-refractivity contribution in [2.24, 2.45) is 0 Å². The summed E-state index contributed by atoms with van der Waals surface area (Å²) in [7, 11) is 0. The summed E-state index contributed by atoms with van der Waals surface area (Å²) in [5.74, 6) is -0.634. The topological polar surface area (TPSA) is 70.2 Å². The fourth-order valence-electron chi connectivity index (χ4n) is 2.32. The predicted octanol–water partition coefficient (Wildman–Crippen LogP) is 2.59. The Kier molecular flexibility index (Phi) is 3.73. The van der Waals surface area contributed by atoms with Crippen LogP contribution in [0.4, 0.5) is 0 Å². The second kappa shape index (κ2) is 5.66. The van der Waals surface area contributed by atoms with Crippen LogP contribution in [0.25, 0.3) is 5.69 Å². The van der Waals surface area contributed by atoms with Gasteiger partial charge in [-0.2, -0.15) is 4.68 Å². The van der Waals surface area contributed by atoms with E-state index < -0.39 is 5.76 Å². The van der Waals surface area contributed by atoms with Crippen LogP contribution in [0.2, 0.25) is 5.15 Å². The van der Waals surface area contributed by atoms with Crippen LogP contribution in [0.15, 0.2) is 27.5 Å². The minimum absolute atomic E-state index is 0.0122. The van der Waals surface area contributed by atoms with Gasteiger partial charge in [-0.1, -0.05) is 23.1 Å². The summed E-state index contributed by atoms with van der Waals surface area (Å²) in [6, 6.07) is 3.31. The summed E-state index contributed by atoms with van der Waals surface area (Å²) >= 11 is 5.94. The number of halogens is 1. The van der Waals surface area contributed by atoms with Crippen molar-refractivity contribution < 1.29 is 9.15 Å². The lowest BCUT2D eigenvalue weighted by Gasteiger charge is -2.20. The minimum Gasteiger partial charge on any atom is -0.446 e. The van der Waals surface area contributed by atoms with Gasteiger partial charge < -0.3 is 9.15 Å². The van der Waals surface area contributed by atoms with Crippen LogP contribution in [0.3, 0.4) is 0 Å². The highest BCUT2D eigenvalue weighted by molar-refractivity contribution is 6.31. The molecule has 0 bridgehead atoms. The zero-order chi connectivity index (χ0) is 13.9. The van der Waals surface area contributed by atoms with Crippen molar-refractivity contribution in [1.29, 1.82) is 0 Å². The van der Waals surface area contributed by atoms with E-state index in [0.29, 0.717) is 5.69 Å². The molecule has 0 N–H and O–H groups in total. The van der Waals surface area contributed by atoms with Crippen molar-refractivity contribution in [3.8, 4) is 11.8 Å². The summed E-state index contributed by atoms with van der Waals surface area (Å²) < 4.78 is 11.7. The first-order valence-corrected chi connectivity index (χ1v) is 6.99. The Hall–Kier alpha value is -1.82. The molecule has 2 aromatic rings. The maximum Gasteiger partial charge on any atom is 0.444 e. The molecule has 1 fully saturated rings. The van der Waals surface area contributed by atoms with Gasteiger partial charge in [-0.3, -0.25) is 0 Å². The van der Waals surface area contributed by atoms with Gasteiger partial charge in [0, 0.05) is 6.20 Å². The molecule has 0 spiro atoms. The molecule has 1 aliphatic rings. The molecule has 0 amide bonds. The molecule has 1 aliphatic carbocycles. The van der Waals surface area contributed by atoms with E-state index in [1.807, 2.05) is 0 Å². The first-order chi connectivity index (χ1) is 9.74. The normalized spacial score (nSPS) is 16.2. The smallest absolute Gasteiger partial charge is 0.444 e. The second-order valence-electron chi connectivity index (χ2n) is 4.74. The average molecular weight is 296 g/mol. The highest BCUT2D eigenvalue weighted by atomic mass is 35.5. The van der Waals surface area contributed by atoms with Crippen molar-refractivity contribution in [3.63, 3.8) is 0 Å². The van der Waals surface area contributed by atoms with Crippen LogP contribution in [-0.2, 0) is 0 Å². The van der Waals surface area contributed by atoms with Crippen LogP contribution < -0.4 is 10.5 Å². The zero-order valence-corrected chi connectivity index (χ0v) is 11.5. The van der Waals surface area contributed by atoms with Gasteiger partial charge >= 0.3 is 11.8 Å². The number of aromatic nitrogens is 3. The molecule has 1 saturated carbocycles. The van der Waals surface area contributed by atoms with Gasteiger partial charge in [0.25, 0.3) is 0 Å². The monoisotopic (exact) mass is 295 g/mol. The van der Waals surface area contributed by atoms with E-state index in [-0.39, 0.29) is 17.3 Å². The van der Waals surface area contributed by atoms with Crippen LogP contribution in [0.1, 0.15) is 32.1 Å². The molecule has 20 heavy (non-hydrogen) atoms. The fourth-order valence-corrected chi connectivity index (χ4v) is 2.52. The average Bonchev–Trinajstić information content (AvgIpc) is 2.81. The van der Waals surface area contributed by atoms with Gasteiger partial charge in [0.1, 0.15) is 11.8 Å². The van der Waals surface area contributed by atoms with Gasteiger partial charge in [-0.25, -0.2) is 9.78 Å². The van der Waals surface area contributed by atoms with Crippen molar-refractivity contribution in [2.45, 2.75) is 38.2 Å². The van der Waals surface area contributed by atoms with Gasteiger partial charge in [0.15, 0.2) is 5.15 Å². The lowest BCUT2D eigenvalue weighted by atomic mass is 9.98. The summed E-state index contributed by atoms with van der Waals surface area (Å²) in [5.41, 5.74) is 0.376. The molecule has 2 heterocycles. The zero-order valence-electron chi connectivity index (χ0n) is 10.8. The first-order valence-electron chi connectivity index (χ1n) is 6.62. The Bertz CT molecular complexity index is 646. The lowest BCUT2D eigenvalue weighted by molar-refractivity contribution is 0.111. The Balaban J connectivity index is 1.84. The molecule has 0 aliphatic heterocycles. The van der Waals surface area contributed by atoms with E-state index in [0.717, 1.165) is 30.4 Å². The van der Waals surface area contributed by atoms with E-state index in [2.05, 4.69) is 10.1 Å². The molecule has 106 valence electrons. The highest BCUT2D eigenvalue weighted by Crippen LogP contribution is 2.22. The SMILES string of the molecule is O=c1oc(OC2CCCCC2)nn1-c1cccnc1Cl. The molecular formula is C13H14ClN3O3. The number of nitrogens with zero attached hydrogens (tertiary/aromatic N) is 3. The van der Waals surface area contributed by atoms with Crippen LogP contribution in [0, 0.1) is 0 Å². The third-order valence-corrected chi connectivity index (χ3v) is 3.61. The van der Waals surface area contributed by atoms with Crippen molar-refractivity contribution in [1.82, 2.24) is 14.8 Å². The molecule has 3 rings (SSSR count). The Morgan fingerprint density at radius 1 is 1.35 bits per heavy atom. The molecule has 0 aromatic carbocycles. The summed E-state index contributed by atoms with van der Waals surface area (Å²) in [6.07, 6.45) is 7.00. The molecule has 0 unspecified atom stereocenters. The maximum absolute atomic E-state index is 11.8. The van der Waals surface area contributed by atoms with E-state index in [1.54, 1.807) is 12.1 Å². The summed E-state index contributed by atoms with van der Waals surface area (Å²) in [6.45, 7) is 0. The summed E-state index contributed by atoms with van der Waals surface area (Å²) in [5, 5.41) is 4.21. The Morgan fingerprint density at radius 3 is 2.90 bits per heavy atom. The number of hydrogen-bond acceptors (Lipinski definition) is 5.